The smallest absolute Gasteiger partial charge is 0.0683 e. The third-order valence-corrected chi connectivity index (χ3v) is 5.74. The zero-order valence-electron chi connectivity index (χ0n) is 19.7. The van der Waals surface area contributed by atoms with Crippen LogP contribution in [0.3, 0.4) is 0 Å². The Hall–Kier alpha value is -2.28. The number of fused-ring (bicyclic) bond motifs is 4. The van der Waals surface area contributed by atoms with Crippen LogP contribution in [-0.2, 0) is 12.8 Å². The molecule has 1 heteroatoms. The zero-order valence-corrected chi connectivity index (χ0v) is 19.7. The van der Waals surface area contributed by atoms with Crippen LogP contribution in [-0.4, -0.2) is 6.71 Å². The topological polar surface area (TPSA) is 0 Å². The quantitative estimate of drug-likeness (QED) is 0.300. The number of hydrogen-bond acceptors (Lipinski definition) is 0. The van der Waals surface area contributed by atoms with Gasteiger partial charge in [0.15, 0.2) is 0 Å². The SMILES string of the molecule is CC.CC.CC.Cc1cccc2c1B1c3c(C)cccc3Cc3cccc(c31)C2. The highest BCUT2D eigenvalue weighted by Crippen LogP contribution is 2.24. The van der Waals surface area contributed by atoms with Crippen LogP contribution in [0.2, 0.25) is 0 Å². The summed E-state index contributed by atoms with van der Waals surface area (Å²) in [6.45, 7) is 17.0. The molecule has 0 saturated carbocycles. The lowest BCUT2D eigenvalue weighted by molar-refractivity contribution is 1.14. The number of benzene rings is 3. The third kappa shape index (κ3) is 4.06. The molecule has 3 aromatic carbocycles. The fourth-order valence-electron chi connectivity index (χ4n) is 4.81. The monoisotopic (exact) mass is 384 g/mol. The van der Waals surface area contributed by atoms with Crippen molar-refractivity contribution < 1.29 is 0 Å². The van der Waals surface area contributed by atoms with Crippen molar-refractivity contribution in [1.29, 1.82) is 0 Å². The first-order valence-electron chi connectivity index (χ1n) is 11.5. The van der Waals surface area contributed by atoms with E-state index in [0.717, 1.165) is 12.8 Å². The normalized spacial score (nSPS) is 11.8. The molecule has 0 aliphatic carbocycles. The van der Waals surface area contributed by atoms with E-state index in [1.165, 1.54) is 33.4 Å². The third-order valence-electron chi connectivity index (χ3n) is 5.74. The van der Waals surface area contributed by atoms with E-state index in [0.29, 0.717) is 6.71 Å². The molecule has 2 heterocycles. The summed E-state index contributed by atoms with van der Waals surface area (Å²) in [6.07, 6.45) is 2.16. The van der Waals surface area contributed by atoms with Crippen molar-refractivity contribution in [2.45, 2.75) is 68.2 Å². The molecule has 0 N–H and O–H groups in total. The van der Waals surface area contributed by atoms with Crippen LogP contribution in [0.5, 0.6) is 0 Å². The molecule has 0 radical (unpaired) electrons. The van der Waals surface area contributed by atoms with Crippen molar-refractivity contribution in [3.8, 4) is 0 Å². The van der Waals surface area contributed by atoms with Crippen molar-refractivity contribution in [2.75, 3.05) is 0 Å². The summed E-state index contributed by atoms with van der Waals surface area (Å²) < 4.78 is 0. The Morgan fingerprint density at radius 3 is 1.17 bits per heavy atom. The molecule has 0 aromatic heterocycles. The minimum absolute atomic E-state index is 0.427. The summed E-state index contributed by atoms with van der Waals surface area (Å²) in [5.41, 5.74) is 13.7. The number of rotatable bonds is 0. The van der Waals surface area contributed by atoms with Gasteiger partial charge in [0.2, 0.25) is 6.71 Å². The Morgan fingerprint density at radius 2 is 0.793 bits per heavy atom. The first kappa shape index (κ1) is 23.0. The first-order chi connectivity index (χ1) is 14.2. The standard InChI is InChI=1S/C22H19B.3C2H6/c1-14-6-3-8-16-12-18-10-5-11-19-13-17-9-4-7-15(2)21(17)23(20(14)16)22(18)19;3*1-2/h3-11H,12-13H2,1-2H3;3*1-2H3. The minimum atomic E-state index is 0.427. The molecule has 0 amide bonds. The second-order valence-electron chi connectivity index (χ2n) is 7.07. The van der Waals surface area contributed by atoms with Gasteiger partial charge in [-0.2, -0.15) is 0 Å². The predicted octanol–water partition coefficient (Wildman–Crippen LogP) is 5.71. The fraction of sp³-hybridized carbons (Fsp3) is 0.357. The second-order valence-corrected chi connectivity index (χ2v) is 7.07. The molecule has 0 nitrogen and oxygen atoms in total. The van der Waals surface area contributed by atoms with Gasteiger partial charge in [-0.3, -0.25) is 0 Å². The maximum absolute atomic E-state index is 2.33. The van der Waals surface area contributed by atoms with Crippen LogP contribution < -0.4 is 16.4 Å². The fourth-order valence-corrected chi connectivity index (χ4v) is 4.81. The van der Waals surface area contributed by atoms with Crippen molar-refractivity contribution in [3.63, 3.8) is 0 Å². The summed E-state index contributed by atoms with van der Waals surface area (Å²) in [5, 5.41) is 0. The highest BCUT2D eigenvalue weighted by atomic mass is 14.2. The minimum Gasteiger partial charge on any atom is -0.0683 e. The van der Waals surface area contributed by atoms with Gasteiger partial charge in [0, 0.05) is 0 Å². The van der Waals surface area contributed by atoms with Crippen LogP contribution in [0, 0.1) is 13.8 Å². The average molecular weight is 384 g/mol. The Balaban J connectivity index is 0.000000461. The van der Waals surface area contributed by atoms with Gasteiger partial charge in [0.05, 0.1) is 0 Å². The molecule has 3 aromatic rings. The highest BCUT2D eigenvalue weighted by molar-refractivity contribution is 6.97. The molecular weight excluding hydrogens is 347 g/mol. The summed E-state index contributed by atoms with van der Waals surface area (Å²) in [7, 11) is 0. The van der Waals surface area contributed by atoms with Crippen molar-refractivity contribution in [1.82, 2.24) is 0 Å². The molecule has 0 unspecified atom stereocenters. The molecule has 29 heavy (non-hydrogen) atoms. The van der Waals surface area contributed by atoms with Gasteiger partial charge in [-0.25, -0.2) is 0 Å². The highest BCUT2D eigenvalue weighted by Gasteiger charge is 2.37. The van der Waals surface area contributed by atoms with E-state index < -0.39 is 0 Å². The summed E-state index contributed by atoms with van der Waals surface area (Å²) in [4.78, 5) is 0. The second kappa shape index (κ2) is 10.5. The Morgan fingerprint density at radius 1 is 0.483 bits per heavy atom. The molecular formula is C28H37B. The lowest BCUT2D eigenvalue weighted by Gasteiger charge is -2.35. The predicted molar refractivity (Wildman–Crippen MR) is 133 cm³/mol. The Bertz CT molecular complexity index is 846. The van der Waals surface area contributed by atoms with Crippen molar-refractivity contribution in [3.05, 3.63) is 88.0 Å². The van der Waals surface area contributed by atoms with E-state index in [4.69, 9.17) is 0 Å². The van der Waals surface area contributed by atoms with Crippen molar-refractivity contribution >= 4 is 23.1 Å². The first-order valence-corrected chi connectivity index (χ1v) is 11.5. The lowest BCUT2D eigenvalue weighted by Crippen LogP contribution is -2.62. The van der Waals surface area contributed by atoms with E-state index in [1.807, 2.05) is 41.5 Å². The molecule has 152 valence electrons. The van der Waals surface area contributed by atoms with Gasteiger partial charge in [0.1, 0.15) is 0 Å². The van der Waals surface area contributed by atoms with E-state index >= 15 is 0 Å². The number of hydrogen-bond donors (Lipinski definition) is 0. The largest absolute Gasteiger partial charge is 0.243 e. The summed E-state index contributed by atoms with van der Waals surface area (Å²) in [5.74, 6) is 0. The maximum Gasteiger partial charge on any atom is 0.243 e. The van der Waals surface area contributed by atoms with Crippen LogP contribution in [0.1, 0.15) is 74.9 Å². The molecule has 2 aliphatic rings. The van der Waals surface area contributed by atoms with Gasteiger partial charge in [-0.15, -0.1) is 0 Å². The molecule has 2 aliphatic heterocycles. The Labute approximate surface area is 179 Å². The molecule has 0 atom stereocenters. The summed E-state index contributed by atoms with van der Waals surface area (Å²) >= 11 is 0. The van der Waals surface area contributed by atoms with Gasteiger partial charge >= 0.3 is 0 Å². The molecule has 0 fully saturated rings. The van der Waals surface area contributed by atoms with Crippen LogP contribution in [0.4, 0.5) is 0 Å². The van der Waals surface area contributed by atoms with Gasteiger partial charge in [-0.1, -0.05) is 124 Å². The van der Waals surface area contributed by atoms with E-state index in [9.17, 15) is 0 Å². The lowest BCUT2D eigenvalue weighted by atomic mass is 9.29. The van der Waals surface area contributed by atoms with Gasteiger partial charge in [-0.05, 0) is 48.9 Å². The number of aryl methyl sites for hydroxylation is 2. The molecule has 0 bridgehead atoms. The molecule has 5 rings (SSSR count). The summed E-state index contributed by atoms with van der Waals surface area (Å²) in [6, 6.07) is 20.5. The van der Waals surface area contributed by atoms with Gasteiger partial charge in [0.25, 0.3) is 0 Å². The maximum atomic E-state index is 2.33. The average Bonchev–Trinajstić information content (AvgIpc) is 2.78. The van der Waals surface area contributed by atoms with Crippen LogP contribution in [0.15, 0.2) is 54.6 Å². The van der Waals surface area contributed by atoms with Crippen molar-refractivity contribution in [2.24, 2.45) is 0 Å². The van der Waals surface area contributed by atoms with E-state index in [1.54, 1.807) is 16.4 Å². The molecule has 0 saturated heterocycles. The van der Waals surface area contributed by atoms with Gasteiger partial charge < -0.3 is 0 Å². The Kier molecular flexibility index (Phi) is 8.32. The zero-order chi connectivity index (χ0) is 21.6. The van der Waals surface area contributed by atoms with Crippen LogP contribution >= 0.6 is 0 Å². The molecule has 0 spiro atoms. The van der Waals surface area contributed by atoms with E-state index in [-0.39, 0.29) is 0 Å². The van der Waals surface area contributed by atoms with E-state index in [2.05, 4.69) is 68.4 Å². The van der Waals surface area contributed by atoms with Crippen LogP contribution in [0.25, 0.3) is 0 Å².